The van der Waals surface area contributed by atoms with Crippen LogP contribution >= 0.6 is 11.6 Å². The van der Waals surface area contributed by atoms with Crippen molar-refractivity contribution in [3.8, 4) is 11.5 Å². The Hall–Kier alpha value is -2.86. The van der Waals surface area contributed by atoms with Gasteiger partial charge in [0.2, 0.25) is 5.78 Å². The monoisotopic (exact) mass is 420 g/mol. The first-order valence-electron chi connectivity index (χ1n) is 8.94. The van der Waals surface area contributed by atoms with Crippen LogP contribution in [0.3, 0.4) is 0 Å². The van der Waals surface area contributed by atoms with Gasteiger partial charge in [-0.1, -0.05) is 37.6 Å². The molecule has 0 aromatic heterocycles. The highest BCUT2D eigenvalue weighted by molar-refractivity contribution is 6.32. The fraction of sp³-hybridized carbons (Fsp3) is 0.273. The summed E-state index contributed by atoms with van der Waals surface area (Å²) in [6, 6.07) is 8.78. The van der Waals surface area contributed by atoms with E-state index in [0.717, 1.165) is 6.08 Å². The number of hydrogen-bond donors (Lipinski definition) is 0. The number of esters is 1. The van der Waals surface area contributed by atoms with Crippen LogP contribution in [0, 0.1) is 11.7 Å². The van der Waals surface area contributed by atoms with Gasteiger partial charge in [-0.25, -0.2) is 9.18 Å². The third-order valence-electron chi connectivity index (χ3n) is 3.74. The van der Waals surface area contributed by atoms with Crippen LogP contribution in [0.5, 0.6) is 11.5 Å². The summed E-state index contributed by atoms with van der Waals surface area (Å²) < 4.78 is 29.4. The fourth-order valence-corrected chi connectivity index (χ4v) is 2.61. The molecule has 0 heterocycles. The average Bonchev–Trinajstić information content (AvgIpc) is 2.69. The highest BCUT2D eigenvalue weighted by Gasteiger charge is 2.14. The molecule has 0 aliphatic carbocycles. The first kappa shape index (κ1) is 22.4. The summed E-state index contributed by atoms with van der Waals surface area (Å²) in [5, 5.41) is 0.341. The summed E-state index contributed by atoms with van der Waals surface area (Å²) in [7, 11) is 1.49. The summed E-state index contributed by atoms with van der Waals surface area (Å²) in [5.41, 5.74) is 0.457. The van der Waals surface area contributed by atoms with Crippen molar-refractivity contribution in [1.82, 2.24) is 0 Å². The van der Waals surface area contributed by atoms with Crippen molar-refractivity contribution in [2.75, 3.05) is 20.3 Å². The topological polar surface area (TPSA) is 61.8 Å². The summed E-state index contributed by atoms with van der Waals surface area (Å²) in [5.74, 6) is -0.854. The van der Waals surface area contributed by atoms with Crippen LogP contribution in [0.15, 0.2) is 42.5 Å². The largest absolute Gasteiger partial charge is 0.493 e. The van der Waals surface area contributed by atoms with E-state index >= 15 is 0 Å². The Kier molecular flexibility index (Phi) is 8.21. The Labute approximate surface area is 174 Å². The van der Waals surface area contributed by atoms with Crippen LogP contribution < -0.4 is 9.47 Å². The van der Waals surface area contributed by atoms with E-state index in [1.54, 1.807) is 12.1 Å². The van der Waals surface area contributed by atoms with Crippen LogP contribution in [-0.2, 0) is 9.53 Å². The van der Waals surface area contributed by atoms with E-state index in [9.17, 15) is 14.0 Å². The Morgan fingerprint density at radius 1 is 1.21 bits per heavy atom. The van der Waals surface area contributed by atoms with Crippen molar-refractivity contribution in [2.24, 2.45) is 5.92 Å². The number of carbonyl (C=O) groups is 2. The second kappa shape index (κ2) is 10.6. The lowest BCUT2D eigenvalue weighted by atomic mass is 10.1. The van der Waals surface area contributed by atoms with E-state index in [1.165, 1.54) is 37.5 Å². The van der Waals surface area contributed by atoms with Gasteiger partial charge >= 0.3 is 5.97 Å². The first-order valence-corrected chi connectivity index (χ1v) is 9.32. The zero-order chi connectivity index (χ0) is 21.4. The molecule has 2 aromatic rings. The Morgan fingerprint density at radius 2 is 1.93 bits per heavy atom. The quantitative estimate of drug-likeness (QED) is 0.326. The average molecular weight is 421 g/mol. The molecule has 5 nitrogen and oxygen atoms in total. The SMILES string of the molecule is COc1cc(/C=C/C(=O)OCC(=O)c2ccccc2F)cc(Cl)c1OCC(C)C. The number of ketones is 1. The molecule has 0 fully saturated rings. The van der Waals surface area contributed by atoms with Crippen molar-refractivity contribution >= 4 is 29.4 Å². The molecule has 0 amide bonds. The predicted molar refractivity (Wildman–Crippen MR) is 109 cm³/mol. The van der Waals surface area contributed by atoms with Crippen LogP contribution in [0.1, 0.15) is 29.8 Å². The number of carbonyl (C=O) groups excluding carboxylic acids is 2. The molecular weight excluding hydrogens is 399 g/mol. The maximum Gasteiger partial charge on any atom is 0.331 e. The van der Waals surface area contributed by atoms with Crippen LogP contribution in [0.2, 0.25) is 5.02 Å². The van der Waals surface area contributed by atoms with Gasteiger partial charge in [-0.2, -0.15) is 0 Å². The van der Waals surface area contributed by atoms with E-state index < -0.39 is 24.2 Å². The van der Waals surface area contributed by atoms with Crippen molar-refractivity contribution in [2.45, 2.75) is 13.8 Å². The van der Waals surface area contributed by atoms with Crippen LogP contribution in [0.4, 0.5) is 4.39 Å². The maximum absolute atomic E-state index is 13.6. The molecule has 154 valence electrons. The molecule has 7 heteroatoms. The van der Waals surface area contributed by atoms with Gasteiger partial charge < -0.3 is 14.2 Å². The Morgan fingerprint density at radius 3 is 2.59 bits per heavy atom. The molecule has 0 N–H and O–H groups in total. The van der Waals surface area contributed by atoms with Crippen molar-refractivity contribution < 1.29 is 28.2 Å². The molecule has 0 spiro atoms. The summed E-state index contributed by atoms with van der Waals surface area (Å²) >= 11 is 6.26. The standard InChI is InChI=1S/C22H22ClFO5/c1-14(2)12-29-22-17(23)10-15(11-20(22)27-3)8-9-21(26)28-13-19(25)16-6-4-5-7-18(16)24/h4-11,14H,12-13H2,1-3H3/b9-8+. The number of halogens is 2. The fourth-order valence-electron chi connectivity index (χ4n) is 2.34. The van der Waals surface area contributed by atoms with Crippen LogP contribution in [-0.4, -0.2) is 32.1 Å². The maximum atomic E-state index is 13.6. The third kappa shape index (κ3) is 6.61. The number of hydrogen-bond acceptors (Lipinski definition) is 5. The van der Waals surface area contributed by atoms with Crippen LogP contribution in [0.25, 0.3) is 6.08 Å². The van der Waals surface area contributed by atoms with Crippen molar-refractivity contribution in [3.05, 3.63) is 64.4 Å². The number of methoxy groups -OCH3 is 1. The van der Waals surface area contributed by atoms with Gasteiger partial charge in [0.05, 0.1) is 24.3 Å². The lowest BCUT2D eigenvalue weighted by Gasteiger charge is -2.14. The normalized spacial score (nSPS) is 11.0. The Balaban J connectivity index is 2.01. The number of rotatable bonds is 9. The molecule has 0 saturated carbocycles. The van der Waals surface area contributed by atoms with E-state index in [2.05, 4.69) is 0 Å². The van der Waals surface area contributed by atoms with E-state index in [4.69, 9.17) is 25.8 Å². The first-order chi connectivity index (χ1) is 13.8. The van der Waals surface area contributed by atoms with E-state index in [-0.39, 0.29) is 5.56 Å². The minimum atomic E-state index is -0.745. The van der Waals surface area contributed by atoms with Gasteiger partial charge in [-0.05, 0) is 41.8 Å². The second-order valence-corrected chi connectivity index (χ2v) is 6.99. The molecule has 0 bridgehead atoms. The minimum Gasteiger partial charge on any atom is -0.493 e. The molecule has 0 radical (unpaired) electrons. The van der Waals surface area contributed by atoms with Crippen molar-refractivity contribution in [1.29, 1.82) is 0 Å². The molecular formula is C22H22ClFO5. The summed E-state index contributed by atoms with van der Waals surface area (Å²) in [6.07, 6.45) is 2.62. The highest BCUT2D eigenvalue weighted by atomic mass is 35.5. The molecule has 0 aliphatic heterocycles. The molecule has 2 aromatic carbocycles. The summed E-state index contributed by atoms with van der Waals surface area (Å²) in [6.45, 7) is 3.95. The molecule has 0 saturated heterocycles. The smallest absolute Gasteiger partial charge is 0.331 e. The zero-order valence-corrected chi connectivity index (χ0v) is 17.2. The van der Waals surface area contributed by atoms with Gasteiger partial charge in [-0.15, -0.1) is 0 Å². The predicted octanol–water partition coefficient (Wildman–Crippen LogP) is 4.96. The van der Waals surface area contributed by atoms with Gasteiger partial charge in [0, 0.05) is 6.08 Å². The zero-order valence-electron chi connectivity index (χ0n) is 16.4. The van der Waals surface area contributed by atoms with E-state index in [1.807, 2.05) is 13.8 Å². The molecule has 0 unspecified atom stereocenters. The van der Waals surface area contributed by atoms with Gasteiger partial charge in [0.1, 0.15) is 5.82 Å². The highest BCUT2D eigenvalue weighted by Crippen LogP contribution is 2.37. The van der Waals surface area contributed by atoms with Gasteiger partial charge in [0.25, 0.3) is 0 Å². The van der Waals surface area contributed by atoms with E-state index in [0.29, 0.717) is 34.6 Å². The van der Waals surface area contributed by atoms with Gasteiger partial charge in [-0.3, -0.25) is 4.79 Å². The second-order valence-electron chi connectivity index (χ2n) is 6.58. The minimum absolute atomic E-state index is 0.127. The molecule has 29 heavy (non-hydrogen) atoms. The number of Topliss-reactive ketones (excluding diaryl/α,β-unsaturated/α-hetero) is 1. The Bertz CT molecular complexity index is 908. The third-order valence-corrected chi connectivity index (χ3v) is 4.03. The van der Waals surface area contributed by atoms with Crippen molar-refractivity contribution in [3.63, 3.8) is 0 Å². The van der Waals surface area contributed by atoms with Gasteiger partial charge in [0.15, 0.2) is 18.1 Å². The molecule has 0 atom stereocenters. The molecule has 0 aliphatic rings. The molecule has 2 rings (SSSR count). The lowest BCUT2D eigenvalue weighted by molar-refractivity contribution is -0.136. The number of benzene rings is 2. The number of ether oxygens (including phenoxy) is 3. The summed E-state index contributed by atoms with van der Waals surface area (Å²) in [4.78, 5) is 23.8. The lowest BCUT2D eigenvalue weighted by Crippen LogP contribution is -2.13.